The molecule has 2 aromatic rings. The van der Waals surface area contributed by atoms with Crippen molar-refractivity contribution in [3.8, 4) is 5.75 Å². The quantitative estimate of drug-likeness (QED) is 0.786. The van der Waals surface area contributed by atoms with Gasteiger partial charge in [-0.1, -0.05) is 31.2 Å². The Bertz CT molecular complexity index is 665. The zero-order chi connectivity index (χ0) is 18.2. The molecule has 25 heavy (non-hydrogen) atoms. The molecule has 134 valence electrons. The molecule has 0 aromatic heterocycles. The number of amides is 1. The predicted molar refractivity (Wildman–Crippen MR) is 103 cm³/mol. The van der Waals surface area contributed by atoms with Crippen LogP contribution in [-0.2, 0) is 17.8 Å². The van der Waals surface area contributed by atoms with Crippen LogP contribution in [0.15, 0.2) is 48.5 Å². The van der Waals surface area contributed by atoms with Crippen LogP contribution in [0.3, 0.4) is 0 Å². The van der Waals surface area contributed by atoms with Crippen LogP contribution < -0.4 is 10.1 Å². The molecule has 0 saturated carbocycles. The molecule has 1 amide bonds. The number of nitrogens with one attached hydrogen (secondary N) is 1. The average molecular weight is 340 g/mol. The average Bonchev–Trinajstić information content (AvgIpc) is 2.61. The van der Waals surface area contributed by atoms with Gasteiger partial charge in [0.15, 0.2) is 0 Å². The van der Waals surface area contributed by atoms with Crippen molar-refractivity contribution in [2.45, 2.75) is 39.8 Å². The van der Waals surface area contributed by atoms with Crippen molar-refractivity contribution in [3.63, 3.8) is 0 Å². The van der Waals surface area contributed by atoms with Crippen LogP contribution >= 0.6 is 0 Å². The van der Waals surface area contributed by atoms with E-state index in [0.717, 1.165) is 30.9 Å². The lowest BCUT2D eigenvalue weighted by atomic mass is 10.0. The number of likely N-dealkylation sites (N-methyl/N-ethyl adjacent to an activating group) is 1. The summed E-state index contributed by atoms with van der Waals surface area (Å²) in [5, 5.41) is 2.80. The Kier molecular flexibility index (Phi) is 7.02. The highest BCUT2D eigenvalue weighted by Gasteiger charge is 2.13. The molecule has 0 fully saturated rings. The van der Waals surface area contributed by atoms with Crippen molar-refractivity contribution in [2.75, 3.05) is 19.0 Å². The fourth-order valence-electron chi connectivity index (χ4n) is 2.94. The van der Waals surface area contributed by atoms with E-state index in [9.17, 15) is 4.79 Å². The van der Waals surface area contributed by atoms with Gasteiger partial charge in [-0.25, -0.2) is 0 Å². The minimum atomic E-state index is -0.0453. The van der Waals surface area contributed by atoms with Crippen molar-refractivity contribution in [1.82, 2.24) is 4.90 Å². The summed E-state index contributed by atoms with van der Waals surface area (Å²) in [6, 6.07) is 16.8. The van der Waals surface area contributed by atoms with E-state index in [0.29, 0.717) is 6.04 Å². The Morgan fingerprint density at radius 1 is 1.08 bits per heavy atom. The SMILES string of the molecule is CCN(Cc1ccc(NC(C)=O)cc1)C(C)Cc1ccc(OC)cc1. The Morgan fingerprint density at radius 2 is 1.68 bits per heavy atom. The van der Waals surface area contributed by atoms with E-state index in [2.05, 4.69) is 48.3 Å². The van der Waals surface area contributed by atoms with Crippen LogP contribution in [0.25, 0.3) is 0 Å². The molecule has 0 aliphatic heterocycles. The maximum atomic E-state index is 11.1. The van der Waals surface area contributed by atoms with Gasteiger partial charge in [0, 0.05) is 25.2 Å². The molecule has 2 aromatic carbocycles. The van der Waals surface area contributed by atoms with Crippen LogP contribution in [0.1, 0.15) is 31.9 Å². The van der Waals surface area contributed by atoms with Crippen molar-refractivity contribution in [3.05, 3.63) is 59.7 Å². The summed E-state index contributed by atoms with van der Waals surface area (Å²) in [6.45, 7) is 7.86. The Balaban J connectivity index is 1.96. The number of methoxy groups -OCH3 is 1. The number of hydrogen-bond acceptors (Lipinski definition) is 3. The lowest BCUT2D eigenvalue weighted by molar-refractivity contribution is -0.114. The lowest BCUT2D eigenvalue weighted by Crippen LogP contribution is -2.34. The molecule has 1 atom stereocenters. The van der Waals surface area contributed by atoms with Gasteiger partial charge < -0.3 is 10.1 Å². The summed E-state index contributed by atoms with van der Waals surface area (Å²) in [7, 11) is 1.69. The van der Waals surface area contributed by atoms with Gasteiger partial charge in [0.05, 0.1) is 7.11 Å². The number of hydrogen-bond donors (Lipinski definition) is 1. The van der Waals surface area contributed by atoms with Gasteiger partial charge in [-0.05, 0) is 55.3 Å². The van der Waals surface area contributed by atoms with Gasteiger partial charge in [0.1, 0.15) is 5.75 Å². The topological polar surface area (TPSA) is 41.6 Å². The molecular weight excluding hydrogens is 312 g/mol. The van der Waals surface area contributed by atoms with E-state index >= 15 is 0 Å². The second-order valence-electron chi connectivity index (χ2n) is 6.34. The second-order valence-corrected chi connectivity index (χ2v) is 6.34. The van der Waals surface area contributed by atoms with Crippen LogP contribution in [0.5, 0.6) is 5.75 Å². The number of anilines is 1. The molecule has 0 saturated heterocycles. The molecular formula is C21H28N2O2. The molecule has 0 bridgehead atoms. The minimum absolute atomic E-state index is 0.0453. The standard InChI is InChI=1S/C21H28N2O2/c1-5-23(15-19-6-10-20(11-7-19)22-17(3)24)16(2)14-18-8-12-21(25-4)13-9-18/h6-13,16H,5,14-15H2,1-4H3,(H,22,24). The van der Waals surface area contributed by atoms with Crippen molar-refractivity contribution >= 4 is 11.6 Å². The normalized spacial score (nSPS) is 12.0. The van der Waals surface area contributed by atoms with Crippen LogP contribution in [0.2, 0.25) is 0 Å². The summed E-state index contributed by atoms with van der Waals surface area (Å²) in [4.78, 5) is 13.6. The van der Waals surface area contributed by atoms with E-state index in [4.69, 9.17) is 4.74 Å². The largest absolute Gasteiger partial charge is 0.497 e. The van der Waals surface area contributed by atoms with Gasteiger partial charge in [-0.15, -0.1) is 0 Å². The van der Waals surface area contributed by atoms with E-state index in [-0.39, 0.29) is 5.91 Å². The Morgan fingerprint density at radius 3 is 2.20 bits per heavy atom. The van der Waals surface area contributed by atoms with Gasteiger partial charge in [0.2, 0.25) is 5.91 Å². The van der Waals surface area contributed by atoms with Gasteiger partial charge in [-0.2, -0.15) is 0 Å². The summed E-state index contributed by atoms with van der Waals surface area (Å²) in [5.41, 5.74) is 3.40. The first-order chi connectivity index (χ1) is 12.0. The number of carbonyl (C=O) groups is 1. The predicted octanol–water partition coefficient (Wildman–Crippen LogP) is 4.11. The number of carbonyl (C=O) groups excluding carboxylic acids is 1. The van der Waals surface area contributed by atoms with E-state index in [1.165, 1.54) is 18.1 Å². The molecule has 4 nitrogen and oxygen atoms in total. The first-order valence-electron chi connectivity index (χ1n) is 8.75. The summed E-state index contributed by atoms with van der Waals surface area (Å²) >= 11 is 0. The zero-order valence-corrected chi connectivity index (χ0v) is 15.6. The third-order valence-electron chi connectivity index (χ3n) is 4.38. The number of ether oxygens (including phenoxy) is 1. The molecule has 2 rings (SSSR count). The van der Waals surface area contributed by atoms with E-state index in [1.54, 1.807) is 7.11 Å². The molecule has 4 heteroatoms. The first kappa shape index (κ1) is 19.0. The van der Waals surface area contributed by atoms with Crippen LogP contribution in [0, 0.1) is 0 Å². The number of rotatable bonds is 8. The van der Waals surface area contributed by atoms with E-state index in [1.807, 2.05) is 24.3 Å². The number of nitrogens with zero attached hydrogens (tertiary/aromatic N) is 1. The van der Waals surface area contributed by atoms with Gasteiger partial charge >= 0.3 is 0 Å². The van der Waals surface area contributed by atoms with Gasteiger partial charge in [-0.3, -0.25) is 9.69 Å². The maximum absolute atomic E-state index is 11.1. The lowest BCUT2D eigenvalue weighted by Gasteiger charge is -2.28. The zero-order valence-electron chi connectivity index (χ0n) is 15.6. The number of benzene rings is 2. The first-order valence-corrected chi connectivity index (χ1v) is 8.75. The Hall–Kier alpha value is -2.33. The summed E-state index contributed by atoms with van der Waals surface area (Å²) in [5.74, 6) is 0.846. The molecule has 0 aliphatic rings. The fourth-order valence-corrected chi connectivity index (χ4v) is 2.94. The highest BCUT2D eigenvalue weighted by Crippen LogP contribution is 2.17. The highest BCUT2D eigenvalue weighted by molar-refractivity contribution is 5.88. The van der Waals surface area contributed by atoms with Crippen molar-refractivity contribution < 1.29 is 9.53 Å². The fraction of sp³-hybridized carbons (Fsp3) is 0.381. The molecule has 0 spiro atoms. The minimum Gasteiger partial charge on any atom is -0.497 e. The third kappa shape index (κ3) is 5.91. The van der Waals surface area contributed by atoms with Crippen LogP contribution in [-0.4, -0.2) is 30.5 Å². The maximum Gasteiger partial charge on any atom is 0.221 e. The highest BCUT2D eigenvalue weighted by atomic mass is 16.5. The monoisotopic (exact) mass is 340 g/mol. The molecule has 0 radical (unpaired) electrons. The summed E-state index contributed by atoms with van der Waals surface area (Å²) in [6.07, 6.45) is 1.00. The third-order valence-corrected chi connectivity index (χ3v) is 4.38. The molecule has 1 N–H and O–H groups in total. The Labute approximate surface area is 150 Å². The molecule has 1 unspecified atom stereocenters. The van der Waals surface area contributed by atoms with Crippen LogP contribution in [0.4, 0.5) is 5.69 Å². The van der Waals surface area contributed by atoms with E-state index < -0.39 is 0 Å². The molecule has 0 aliphatic carbocycles. The van der Waals surface area contributed by atoms with Gasteiger partial charge in [0.25, 0.3) is 0 Å². The van der Waals surface area contributed by atoms with Crippen molar-refractivity contribution in [2.24, 2.45) is 0 Å². The van der Waals surface area contributed by atoms with Crippen molar-refractivity contribution in [1.29, 1.82) is 0 Å². The second kappa shape index (κ2) is 9.23. The smallest absolute Gasteiger partial charge is 0.221 e. The summed E-state index contributed by atoms with van der Waals surface area (Å²) < 4.78 is 5.22. The molecule has 0 heterocycles.